The van der Waals surface area contributed by atoms with Gasteiger partial charge in [-0.3, -0.25) is 4.79 Å². The number of rotatable bonds is 5. The Morgan fingerprint density at radius 1 is 1.33 bits per heavy atom. The molecule has 18 heavy (non-hydrogen) atoms. The number of hydrogen-bond acceptors (Lipinski definition) is 3. The summed E-state index contributed by atoms with van der Waals surface area (Å²) < 4.78 is 6.07. The number of ketones is 1. The summed E-state index contributed by atoms with van der Waals surface area (Å²) in [4.78, 5) is 12.7. The van der Waals surface area contributed by atoms with E-state index < -0.39 is 0 Å². The van der Waals surface area contributed by atoms with Crippen molar-refractivity contribution in [2.45, 2.75) is 12.8 Å². The van der Waals surface area contributed by atoms with Gasteiger partial charge in [-0.25, -0.2) is 0 Å². The number of Topliss-reactive ketones (excluding diaryl/α,β-unsaturated/α-hetero) is 1. The Balaban J connectivity index is 1.92. The first-order valence-electron chi connectivity index (χ1n) is 5.59. The van der Waals surface area contributed by atoms with E-state index in [9.17, 15) is 4.79 Å². The fraction of sp³-hybridized carbons (Fsp3) is 0.214. The van der Waals surface area contributed by atoms with E-state index in [-0.39, 0.29) is 5.78 Å². The smallest absolute Gasteiger partial charge is 0.173 e. The van der Waals surface area contributed by atoms with Gasteiger partial charge in [0.15, 0.2) is 5.78 Å². The fourth-order valence-corrected chi connectivity index (χ4v) is 3.03. The van der Waals surface area contributed by atoms with Gasteiger partial charge in [-0.2, -0.15) is 0 Å². The van der Waals surface area contributed by atoms with Gasteiger partial charge in [0.25, 0.3) is 0 Å². The first-order chi connectivity index (χ1) is 8.69. The number of carbonyl (C=O) groups is 1. The second-order valence-corrected chi connectivity index (χ2v) is 5.73. The molecule has 0 fully saturated rings. The van der Waals surface area contributed by atoms with Crippen LogP contribution in [0.2, 0.25) is 0 Å². The van der Waals surface area contributed by atoms with Crippen LogP contribution in [0.1, 0.15) is 21.7 Å². The summed E-state index contributed by atoms with van der Waals surface area (Å²) in [5, 5.41) is 1.93. The molecule has 2 nitrogen and oxygen atoms in total. The van der Waals surface area contributed by atoms with E-state index in [0.717, 1.165) is 27.1 Å². The van der Waals surface area contributed by atoms with Gasteiger partial charge >= 0.3 is 0 Å². The highest BCUT2D eigenvalue weighted by Crippen LogP contribution is 2.22. The van der Waals surface area contributed by atoms with Crippen molar-refractivity contribution in [1.29, 1.82) is 0 Å². The summed E-state index contributed by atoms with van der Waals surface area (Å²) in [6, 6.07) is 9.71. The molecule has 0 spiro atoms. The van der Waals surface area contributed by atoms with Crippen molar-refractivity contribution < 1.29 is 9.53 Å². The summed E-state index contributed by atoms with van der Waals surface area (Å²) in [5.41, 5.74) is 1.15. The summed E-state index contributed by atoms with van der Waals surface area (Å²) >= 11 is 4.84. The molecular weight excluding hydrogens is 312 g/mol. The molecule has 0 bridgehead atoms. The summed E-state index contributed by atoms with van der Waals surface area (Å²) in [6.45, 7) is 0. The zero-order valence-electron chi connectivity index (χ0n) is 9.98. The molecule has 2 rings (SSSR count). The molecule has 0 amide bonds. The SMILES string of the molecule is COc1ccc(CCC(=O)c2cc(Br)cs2)cc1. The Kier molecular flexibility index (Phi) is 4.55. The van der Waals surface area contributed by atoms with Gasteiger partial charge in [0, 0.05) is 16.3 Å². The van der Waals surface area contributed by atoms with E-state index in [0.29, 0.717) is 6.42 Å². The maximum absolute atomic E-state index is 11.9. The molecule has 1 aromatic carbocycles. The minimum Gasteiger partial charge on any atom is -0.497 e. The molecule has 94 valence electrons. The largest absolute Gasteiger partial charge is 0.497 e. The Morgan fingerprint density at radius 2 is 2.06 bits per heavy atom. The molecule has 0 atom stereocenters. The van der Waals surface area contributed by atoms with Gasteiger partial charge in [-0.15, -0.1) is 11.3 Å². The van der Waals surface area contributed by atoms with E-state index in [1.165, 1.54) is 11.3 Å². The molecule has 0 aliphatic carbocycles. The van der Waals surface area contributed by atoms with Crippen LogP contribution in [0.5, 0.6) is 5.75 Å². The van der Waals surface area contributed by atoms with Gasteiger partial charge in [0.2, 0.25) is 0 Å². The summed E-state index contributed by atoms with van der Waals surface area (Å²) in [6.07, 6.45) is 1.30. The van der Waals surface area contributed by atoms with Gasteiger partial charge in [-0.05, 0) is 46.1 Å². The molecule has 4 heteroatoms. The molecule has 1 aromatic heterocycles. The molecule has 0 unspecified atom stereocenters. The van der Waals surface area contributed by atoms with Gasteiger partial charge in [-0.1, -0.05) is 12.1 Å². The minimum atomic E-state index is 0.196. The second-order valence-electron chi connectivity index (χ2n) is 3.90. The molecule has 0 saturated carbocycles. The highest BCUT2D eigenvalue weighted by molar-refractivity contribution is 9.10. The van der Waals surface area contributed by atoms with Crippen LogP contribution >= 0.6 is 27.3 Å². The van der Waals surface area contributed by atoms with E-state index >= 15 is 0 Å². The van der Waals surface area contributed by atoms with Crippen LogP contribution in [-0.4, -0.2) is 12.9 Å². The number of carbonyl (C=O) groups excluding carboxylic acids is 1. The lowest BCUT2D eigenvalue weighted by atomic mass is 10.1. The van der Waals surface area contributed by atoms with Crippen molar-refractivity contribution in [3.05, 3.63) is 50.6 Å². The third-order valence-electron chi connectivity index (χ3n) is 2.64. The number of halogens is 1. The van der Waals surface area contributed by atoms with E-state index in [1.807, 2.05) is 35.7 Å². The van der Waals surface area contributed by atoms with Crippen molar-refractivity contribution in [1.82, 2.24) is 0 Å². The molecule has 1 heterocycles. The van der Waals surface area contributed by atoms with Gasteiger partial charge in [0.05, 0.1) is 12.0 Å². The Bertz CT molecular complexity index is 531. The number of hydrogen-bond donors (Lipinski definition) is 0. The Morgan fingerprint density at radius 3 is 2.61 bits per heavy atom. The van der Waals surface area contributed by atoms with E-state index in [4.69, 9.17) is 4.74 Å². The van der Waals surface area contributed by atoms with Crippen LogP contribution in [0.4, 0.5) is 0 Å². The lowest BCUT2D eigenvalue weighted by Gasteiger charge is -2.02. The van der Waals surface area contributed by atoms with Gasteiger partial charge in [0.1, 0.15) is 5.75 Å². The van der Waals surface area contributed by atoms with Crippen LogP contribution in [0, 0.1) is 0 Å². The highest BCUT2D eigenvalue weighted by atomic mass is 79.9. The van der Waals surface area contributed by atoms with Crippen LogP contribution in [-0.2, 0) is 6.42 Å². The fourth-order valence-electron chi connectivity index (χ4n) is 1.63. The van der Waals surface area contributed by atoms with E-state index in [1.54, 1.807) is 7.11 Å². The maximum Gasteiger partial charge on any atom is 0.173 e. The normalized spacial score (nSPS) is 10.3. The number of aryl methyl sites for hydroxylation is 1. The van der Waals surface area contributed by atoms with Crippen molar-refractivity contribution in [2.75, 3.05) is 7.11 Å². The van der Waals surface area contributed by atoms with Crippen LogP contribution in [0.3, 0.4) is 0 Å². The topological polar surface area (TPSA) is 26.3 Å². The Hall–Kier alpha value is -1.13. The zero-order chi connectivity index (χ0) is 13.0. The second kappa shape index (κ2) is 6.16. The van der Waals surface area contributed by atoms with Crippen LogP contribution in [0.25, 0.3) is 0 Å². The third kappa shape index (κ3) is 3.43. The average molecular weight is 325 g/mol. The third-order valence-corrected chi connectivity index (χ3v) is 4.37. The predicted molar refractivity (Wildman–Crippen MR) is 77.7 cm³/mol. The minimum absolute atomic E-state index is 0.196. The van der Waals surface area contributed by atoms with Crippen molar-refractivity contribution >= 4 is 33.0 Å². The molecular formula is C14H13BrO2S. The maximum atomic E-state index is 11.9. The molecule has 0 saturated heterocycles. The summed E-state index contributed by atoms with van der Waals surface area (Å²) in [5.74, 6) is 1.04. The van der Waals surface area contributed by atoms with Crippen LogP contribution in [0.15, 0.2) is 40.2 Å². The van der Waals surface area contributed by atoms with Crippen molar-refractivity contribution in [3.8, 4) is 5.75 Å². The first-order valence-corrected chi connectivity index (χ1v) is 7.26. The molecule has 0 radical (unpaired) electrons. The van der Waals surface area contributed by atoms with Gasteiger partial charge < -0.3 is 4.74 Å². The number of methoxy groups -OCH3 is 1. The molecule has 0 aliphatic heterocycles. The lowest BCUT2D eigenvalue weighted by molar-refractivity contribution is 0.0986. The number of ether oxygens (including phenoxy) is 1. The highest BCUT2D eigenvalue weighted by Gasteiger charge is 2.08. The quantitative estimate of drug-likeness (QED) is 0.765. The standard InChI is InChI=1S/C14H13BrO2S/c1-17-12-5-2-10(3-6-12)4-7-13(16)14-8-11(15)9-18-14/h2-3,5-6,8-9H,4,7H2,1H3. The molecule has 0 N–H and O–H groups in total. The average Bonchev–Trinajstić information content (AvgIpc) is 2.83. The monoisotopic (exact) mass is 324 g/mol. The van der Waals surface area contributed by atoms with Crippen molar-refractivity contribution in [3.63, 3.8) is 0 Å². The van der Waals surface area contributed by atoms with Crippen molar-refractivity contribution in [2.24, 2.45) is 0 Å². The van der Waals surface area contributed by atoms with Crippen LogP contribution < -0.4 is 4.74 Å². The Labute approximate surface area is 119 Å². The lowest BCUT2D eigenvalue weighted by Crippen LogP contribution is -1.98. The molecule has 0 aliphatic rings. The number of benzene rings is 1. The zero-order valence-corrected chi connectivity index (χ0v) is 12.4. The first kappa shape index (κ1) is 13.3. The summed E-state index contributed by atoms with van der Waals surface area (Å²) in [7, 11) is 1.65. The predicted octanol–water partition coefficient (Wildman–Crippen LogP) is 4.33. The molecule has 2 aromatic rings. The van der Waals surface area contributed by atoms with E-state index in [2.05, 4.69) is 15.9 Å². The number of thiophene rings is 1.